The largest absolute Gasteiger partial charge is 0.335 e. The number of carbonyl (C=O) groups excluding carboxylic acids is 1. The number of carbonyl (C=O) groups is 1. The Morgan fingerprint density at radius 3 is 2.71 bits per heavy atom. The van der Waals surface area contributed by atoms with E-state index in [1.165, 1.54) is 12.8 Å². The molecule has 0 unspecified atom stereocenters. The zero-order chi connectivity index (χ0) is 12.3. The van der Waals surface area contributed by atoms with Crippen molar-refractivity contribution in [1.29, 1.82) is 0 Å². The molecule has 1 aromatic rings. The van der Waals surface area contributed by atoms with E-state index in [9.17, 15) is 4.79 Å². The molecule has 0 radical (unpaired) electrons. The summed E-state index contributed by atoms with van der Waals surface area (Å²) in [4.78, 5) is 11.7. The summed E-state index contributed by atoms with van der Waals surface area (Å²) in [5.74, 6) is 0. The second kappa shape index (κ2) is 5.21. The van der Waals surface area contributed by atoms with Crippen LogP contribution in [0.5, 0.6) is 0 Å². The molecular weight excluding hydrogens is 216 g/mol. The van der Waals surface area contributed by atoms with E-state index >= 15 is 0 Å². The van der Waals surface area contributed by atoms with Crippen LogP contribution in [0.3, 0.4) is 0 Å². The number of H-pyrrole nitrogens is 1. The van der Waals surface area contributed by atoms with Gasteiger partial charge < -0.3 is 10.6 Å². The predicted octanol–water partition coefficient (Wildman–Crippen LogP) is 1.77. The monoisotopic (exact) mass is 236 g/mol. The van der Waals surface area contributed by atoms with E-state index in [1.54, 1.807) is 0 Å². The fourth-order valence-electron chi connectivity index (χ4n) is 2.31. The number of nitrogens with one attached hydrogen (secondary N) is 3. The van der Waals surface area contributed by atoms with Crippen LogP contribution in [-0.2, 0) is 6.54 Å². The van der Waals surface area contributed by atoms with Gasteiger partial charge in [0.05, 0.1) is 5.69 Å². The van der Waals surface area contributed by atoms with Crippen molar-refractivity contribution in [2.24, 2.45) is 0 Å². The van der Waals surface area contributed by atoms with Gasteiger partial charge in [0.1, 0.15) is 0 Å². The minimum Gasteiger partial charge on any atom is -0.335 e. The van der Waals surface area contributed by atoms with E-state index in [-0.39, 0.29) is 6.03 Å². The Hall–Kier alpha value is -1.52. The summed E-state index contributed by atoms with van der Waals surface area (Å²) < 4.78 is 0. The zero-order valence-corrected chi connectivity index (χ0v) is 10.5. The highest BCUT2D eigenvalue weighted by molar-refractivity contribution is 5.74. The molecule has 2 amide bonds. The van der Waals surface area contributed by atoms with Gasteiger partial charge in [-0.1, -0.05) is 12.8 Å². The number of rotatable bonds is 3. The maximum absolute atomic E-state index is 11.7. The smallest absolute Gasteiger partial charge is 0.315 e. The number of nitrogens with zero attached hydrogens (tertiary/aromatic N) is 1. The van der Waals surface area contributed by atoms with Crippen LogP contribution in [0, 0.1) is 13.8 Å². The summed E-state index contributed by atoms with van der Waals surface area (Å²) in [6.07, 6.45) is 4.67. The van der Waals surface area contributed by atoms with Gasteiger partial charge in [-0.05, 0) is 26.7 Å². The van der Waals surface area contributed by atoms with Crippen LogP contribution in [0.25, 0.3) is 0 Å². The Bertz CT molecular complexity index is 374. The van der Waals surface area contributed by atoms with E-state index in [1.807, 2.05) is 13.8 Å². The first-order chi connectivity index (χ1) is 8.16. The molecule has 5 heteroatoms. The second-order valence-corrected chi connectivity index (χ2v) is 4.72. The van der Waals surface area contributed by atoms with Crippen molar-refractivity contribution in [3.8, 4) is 0 Å². The lowest BCUT2D eigenvalue weighted by molar-refractivity contribution is 0.236. The van der Waals surface area contributed by atoms with Gasteiger partial charge in [-0.25, -0.2) is 4.79 Å². The van der Waals surface area contributed by atoms with Gasteiger partial charge in [0, 0.05) is 23.8 Å². The number of aromatic amines is 1. The van der Waals surface area contributed by atoms with Crippen LogP contribution in [0.1, 0.15) is 42.6 Å². The van der Waals surface area contributed by atoms with E-state index in [4.69, 9.17) is 0 Å². The lowest BCUT2D eigenvalue weighted by Crippen LogP contribution is -2.40. The van der Waals surface area contributed by atoms with Crippen molar-refractivity contribution in [3.05, 3.63) is 17.0 Å². The van der Waals surface area contributed by atoms with E-state index in [2.05, 4.69) is 20.8 Å². The molecule has 2 rings (SSSR count). The van der Waals surface area contributed by atoms with Gasteiger partial charge in [0.25, 0.3) is 0 Å². The number of aromatic nitrogens is 2. The highest BCUT2D eigenvalue weighted by Gasteiger charge is 2.17. The number of amides is 2. The predicted molar refractivity (Wildman–Crippen MR) is 65.7 cm³/mol. The van der Waals surface area contributed by atoms with Crippen molar-refractivity contribution < 1.29 is 4.79 Å². The van der Waals surface area contributed by atoms with E-state index < -0.39 is 0 Å². The van der Waals surface area contributed by atoms with Gasteiger partial charge in [0.15, 0.2) is 0 Å². The minimum absolute atomic E-state index is 0.0723. The Morgan fingerprint density at radius 1 is 1.41 bits per heavy atom. The summed E-state index contributed by atoms with van der Waals surface area (Å²) in [5.41, 5.74) is 3.04. The maximum Gasteiger partial charge on any atom is 0.315 e. The summed E-state index contributed by atoms with van der Waals surface area (Å²) >= 11 is 0. The zero-order valence-electron chi connectivity index (χ0n) is 10.5. The van der Waals surface area contributed by atoms with Crippen molar-refractivity contribution in [1.82, 2.24) is 20.8 Å². The van der Waals surface area contributed by atoms with Crippen LogP contribution < -0.4 is 10.6 Å². The summed E-state index contributed by atoms with van der Waals surface area (Å²) in [6.45, 7) is 4.44. The average molecular weight is 236 g/mol. The van der Waals surface area contributed by atoms with Crippen LogP contribution >= 0.6 is 0 Å². The summed E-state index contributed by atoms with van der Waals surface area (Å²) in [6, 6.07) is 0.290. The molecule has 1 aliphatic carbocycles. The molecular formula is C12H20N4O. The van der Waals surface area contributed by atoms with Crippen molar-refractivity contribution in [2.75, 3.05) is 0 Å². The SMILES string of the molecule is Cc1n[nH]c(C)c1CNC(=O)NC1CCCC1. The quantitative estimate of drug-likeness (QED) is 0.748. The standard InChI is InChI=1S/C12H20N4O/c1-8-11(9(2)16-15-8)7-13-12(17)14-10-5-3-4-6-10/h10H,3-7H2,1-2H3,(H,15,16)(H2,13,14,17). The van der Waals surface area contributed by atoms with Gasteiger partial charge in [-0.2, -0.15) is 5.10 Å². The van der Waals surface area contributed by atoms with Crippen LogP contribution in [0.2, 0.25) is 0 Å². The molecule has 94 valence electrons. The van der Waals surface area contributed by atoms with Gasteiger partial charge >= 0.3 is 6.03 Å². The summed E-state index contributed by atoms with van der Waals surface area (Å²) in [5, 5.41) is 12.9. The molecule has 0 aliphatic heterocycles. The average Bonchev–Trinajstić information content (AvgIpc) is 2.88. The molecule has 0 bridgehead atoms. The van der Waals surface area contributed by atoms with Crippen molar-refractivity contribution in [3.63, 3.8) is 0 Å². The molecule has 1 heterocycles. The third kappa shape index (κ3) is 2.99. The molecule has 1 saturated carbocycles. The lowest BCUT2D eigenvalue weighted by atomic mass is 10.2. The minimum atomic E-state index is -0.0723. The molecule has 0 saturated heterocycles. The molecule has 3 N–H and O–H groups in total. The van der Waals surface area contributed by atoms with Gasteiger partial charge in [-0.15, -0.1) is 0 Å². The maximum atomic E-state index is 11.7. The molecule has 0 aromatic carbocycles. The van der Waals surface area contributed by atoms with Crippen LogP contribution in [0.15, 0.2) is 0 Å². The Balaban J connectivity index is 1.79. The summed E-state index contributed by atoms with van der Waals surface area (Å²) in [7, 11) is 0. The highest BCUT2D eigenvalue weighted by atomic mass is 16.2. The van der Waals surface area contributed by atoms with Gasteiger partial charge in [-0.3, -0.25) is 5.10 Å². The second-order valence-electron chi connectivity index (χ2n) is 4.72. The van der Waals surface area contributed by atoms with Crippen molar-refractivity contribution >= 4 is 6.03 Å². The fraction of sp³-hybridized carbons (Fsp3) is 0.667. The molecule has 1 aromatic heterocycles. The highest BCUT2D eigenvalue weighted by Crippen LogP contribution is 2.17. The topological polar surface area (TPSA) is 69.8 Å². The third-order valence-corrected chi connectivity index (χ3v) is 3.40. The van der Waals surface area contributed by atoms with Crippen LogP contribution in [-0.4, -0.2) is 22.3 Å². The molecule has 5 nitrogen and oxygen atoms in total. The first kappa shape index (κ1) is 12.0. The Labute approximate surface area is 101 Å². The first-order valence-corrected chi connectivity index (χ1v) is 6.21. The molecule has 1 fully saturated rings. The molecule has 17 heavy (non-hydrogen) atoms. The third-order valence-electron chi connectivity index (χ3n) is 3.40. The molecule has 0 spiro atoms. The van der Waals surface area contributed by atoms with E-state index in [0.29, 0.717) is 12.6 Å². The number of hydrogen-bond donors (Lipinski definition) is 3. The Morgan fingerprint density at radius 2 is 2.12 bits per heavy atom. The molecule has 1 aliphatic rings. The van der Waals surface area contributed by atoms with Gasteiger partial charge in [0.2, 0.25) is 0 Å². The first-order valence-electron chi connectivity index (χ1n) is 6.21. The number of hydrogen-bond acceptors (Lipinski definition) is 2. The lowest BCUT2D eigenvalue weighted by Gasteiger charge is -2.12. The Kier molecular flexibility index (Phi) is 3.66. The molecule has 0 atom stereocenters. The van der Waals surface area contributed by atoms with Crippen molar-refractivity contribution in [2.45, 2.75) is 52.1 Å². The normalized spacial score (nSPS) is 16.1. The fourth-order valence-corrected chi connectivity index (χ4v) is 2.31. The number of urea groups is 1. The number of aryl methyl sites for hydroxylation is 2. The van der Waals surface area contributed by atoms with Crippen LogP contribution in [0.4, 0.5) is 4.79 Å². The van der Waals surface area contributed by atoms with E-state index in [0.717, 1.165) is 29.8 Å².